The van der Waals surface area contributed by atoms with Crippen LogP contribution >= 0.6 is 0 Å². The zero-order valence-corrected chi connectivity index (χ0v) is 9.91. The molecule has 2 aliphatic heterocycles. The number of hydrogen-bond acceptors (Lipinski definition) is 2. The molecule has 1 atom stereocenters. The van der Waals surface area contributed by atoms with E-state index in [1.807, 2.05) is 0 Å². The number of anilines is 1. The highest BCUT2D eigenvalue weighted by molar-refractivity contribution is 5.66. The predicted octanol–water partition coefficient (Wildman–Crippen LogP) is 3.00. The highest BCUT2D eigenvalue weighted by Crippen LogP contribution is 2.42. The van der Waals surface area contributed by atoms with Crippen LogP contribution in [0.15, 0.2) is 18.2 Å². The molecular weight excluding hydrogens is 198 g/mol. The summed E-state index contributed by atoms with van der Waals surface area (Å²) in [5, 5.41) is 0. The number of para-hydroxylation sites is 1. The third-order valence-corrected chi connectivity index (χ3v) is 3.79. The summed E-state index contributed by atoms with van der Waals surface area (Å²) < 4.78 is 5.77. The molecule has 0 aliphatic carbocycles. The van der Waals surface area contributed by atoms with Gasteiger partial charge in [0.15, 0.2) is 0 Å². The van der Waals surface area contributed by atoms with Crippen LogP contribution in [0.2, 0.25) is 0 Å². The molecule has 0 amide bonds. The van der Waals surface area contributed by atoms with E-state index in [0.717, 1.165) is 18.4 Å². The van der Waals surface area contributed by atoms with Crippen molar-refractivity contribution >= 4 is 5.69 Å². The quantitative estimate of drug-likeness (QED) is 0.755. The molecule has 3 rings (SSSR count). The lowest BCUT2D eigenvalue weighted by Crippen LogP contribution is -2.34. The Morgan fingerprint density at radius 1 is 1.38 bits per heavy atom. The van der Waals surface area contributed by atoms with Gasteiger partial charge in [0.2, 0.25) is 0 Å². The number of fused-ring (bicyclic) bond motifs is 3. The maximum Gasteiger partial charge on any atom is 0.142 e. The molecule has 86 valence electrons. The fraction of sp³-hybridized carbons (Fsp3) is 0.571. The van der Waals surface area contributed by atoms with Crippen molar-refractivity contribution in [2.75, 3.05) is 18.1 Å². The van der Waals surface area contributed by atoms with Gasteiger partial charge in [0.1, 0.15) is 5.75 Å². The van der Waals surface area contributed by atoms with E-state index in [4.69, 9.17) is 4.74 Å². The Kier molecular flexibility index (Phi) is 2.50. The maximum atomic E-state index is 5.77. The normalized spacial score (nSPS) is 22.8. The second-order valence-corrected chi connectivity index (χ2v) is 4.73. The van der Waals surface area contributed by atoms with Gasteiger partial charge in [-0.3, -0.25) is 0 Å². The van der Waals surface area contributed by atoms with Gasteiger partial charge in [-0.05, 0) is 44.2 Å². The van der Waals surface area contributed by atoms with Crippen LogP contribution in [-0.4, -0.2) is 19.2 Å². The molecule has 2 nitrogen and oxygen atoms in total. The largest absolute Gasteiger partial charge is 0.492 e. The molecule has 1 aromatic rings. The zero-order chi connectivity index (χ0) is 11.0. The fourth-order valence-electron chi connectivity index (χ4n) is 3.12. The lowest BCUT2D eigenvalue weighted by Gasteiger charge is -2.34. The summed E-state index contributed by atoms with van der Waals surface area (Å²) in [5.74, 6) is 1.09. The fourth-order valence-corrected chi connectivity index (χ4v) is 3.12. The van der Waals surface area contributed by atoms with E-state index >= 15 is 0 Å². The van der Waals surface area contributed by atoms with E-state index in [9.17, 15) is 0 Å². The van der Waals surface area contributed by atoms with Crippen molar-refractivity contribution < 1.29 is 4.74 Å². The molecule has 1 aromatic carbocycles. The Labute approximate surface area is 97.2 Å². The summed E-state index contributed by atoms with van der Waals surface area (Å²) in [6, 6.07) is 7.27. The predicted molar refractivity (Wildman–Crippen MR) is 66.3 cm³/mol. The minimum Gasteiger partial charge on any atom is -0.492 e. The SMILES string of the molecule is CCOc1cccc2c1N1CCCC1CC2. The standard InChI is InChI=1S/C14H19NO/c1-2-16-13-7-3-5-11-8-9-12-6-4-10-15(12)14(11)13/h3,5,7,12H,2,4,6,8-10H2,1H3. The molecule has 0 spiro atoms. The van der Waals surface area contributed by atoms with Crippen molar-refractivity contribution in [3.05, 3.63) is 23.8 Å². The molecule has 1 unspecified atom stereocenters. The highest BCUT2D eigenvalue weighted by atomic mass is 16.5. The van der Waals surface area contributed by atoms with Gasteiger partial charge in [-0.15, -0.1) is 0 Å². The van der Waals surface area contributed by atoms with Crippen molar-refractivity contribution in [2.24, 2.45) is 0 Å². The number of nitrogens with zero attached hydrogens (tertiary/aromatic N) is 1. The van der Waals surface area contributed by atoms with Crippen molar-refractivity contribution in [3.63, 3.8) is 0 Å². The molecule has 16 heavy (non-hydrogen) atoms. The number of aryl methyl sites for hydroxylation is 1. The Morgan fingerprint density at radius 3 is 3.19 bits per heavy atom. The lowest BCUT2D eigenvalue weighted by atomic mass is 9.96. The van der Waals surface area contributed by atoms with Gasteiger partial charge in [0.25, 0.3) is 0 Å². The second-order valence-electron chi connectivity index (χ2n) is 4.73. The topological polar surface area (TPSA) is 12.5 Å². The summed E-state index contributed by atoms with van der Waals surface area (Å²) in [7, 11) is 0. The molecule has 2 aliphatic rings. The van der Waals surface area contributed by atoms with E-state index < -0.39 is 0 Å². The highest BCUT2D eigenvalue weighted by Gasteiger charge is 2.32. The number of rotatable bonds is 2. The molecule has 0 radical (unpaired) electrons. The van der Waals surface area contributed by atoms with Crippen LogP contribution in [0.1, 0.15) is 31.7 Å². The monoisotopic (exact) mass is 217 g/mol. The van der Waals surface area contributed by atoms with Crippen LogP contribution in [-0.2, 0) is 6.42 Å². The smallest absolute Gasteiger partial charge is 0.142 e. The summed E-state index contributed by atoms with van der Waals surface area (Å²) >= 11 is 0. The lowest BCUT2D eigenvalue weighted by molar-refractivity contribution is 0.338. The van der Waals surface area contributed by atoms with Crippen LogP contribution in [0.4, 0.5) is 5.69 Å². The Balaban J connectivity index is 2.04. The third kappa shape index (κ3) is 1.48. The van der Waals surface area contributed by atoms with Gasteiger partial charge in [-0.2, -0.15) is 0 Å². The van der Waals surface area contributed by atoms with Gasteiger partial charge in [-0.1, -0.05) is 12.1 Å². The van der Waals surface area contributed by atoms with Crippen LogP contribution in [0.5, 0.6) is 5.75 Å². The first-order valence-corrected chi connectivity index (χ1v) is 6.41. The molecule has 0 N–H and O–H groups in total. The van der Waals surface area contributed by atoms with Crippen LogP contribution in [0.3, 0.4) is 0 Å². The van der Waals surface area contributed by atoms with Crippen molar-refractivity contribution in [3.8, 4) is 5.75 Å². The van der Waals surface area contributed by atoms with Crippen LogP contribution < -0.4 is 9.64 Å². The van der Waals surface area contributed by atoms with E-state index in [1.165, 1.54) is 43.5 Å². The molecule has 0 saturated carbocycles. The number of ether oxygens (including phenoxy) is 1. The molecule has 0 bridgehead atoms. The minimum absolute atomic E-state index is 0.759. The van der Waals surface area contributed by atoms with Crippen LogP contribution in [0.25, 0.3) is 0 Å². The van der Waals surface area contributed by atoms with Crippen molar-refractivity contribution in [2.45, 2.75) is 38.6 Å². The van der Waals surface area contributed by atoms with Crippen LogP contribution in [0, 0.1) is 0 Å². The Morgan fingerprint density at radius 2 is 2.31 bits per heavy atom. The van der Waals surface area contributed by atoms with Crippen molar-refractivity contribution in [1.29, 1.82) is 0 Å². The first-order chi connectivity index (χ1) is 7.90. The third-order valence-electron chi connectivity index (χ3n) is 3.79. The number of benzene rings is 1. The second kappa shape index (κ2) is 4.00. The van der Waals surface area contributed by atoms with E-state index in [1.54, 1.807) is 0 Å². The first-order valence-electron chi connectivity index (χ1n) is 6.41. The zero-order valence-electron chi connectivity index (χ0n) is 9.91. The minimum atomic E-state index is 0.759. The molecular formula is C14H19NO. The molecule has 1 saturated heterocycles. The van der Waals surface area contributed by atoms with E-state index in [0.29, 0.717) is 0 Å². The van der Waals surface area contributed by atoms with E-state index in [-0.39, 0.29) is 0 Å². The van der Waals surface area contributed by atoms with Gasteiger partial charge < -0.3 is 9.64 Å². The van der Waals surface area contributed by atoms with E-state index in [2.05, 4.69) is 30.0 Å². The first kappa shape index (κ1) is 10.0. The average Bonchev–Trinajstić information content (AvgIpc) is 2.77. The number of hydrogen-bond donors (Lipinski definition) is 0. The van der Waals surface area contributed by atoms with Gasteiger partial charge >= 0.3 is 0 Å². The molecule has 1 fully saturated rings. The summed E-state index contributed by atoms with van der Waals surface area (Å²) in [6.45, 7) is 4.03. The average molecular weight is 217 g/mol. The summed E-state index contributed by atoms with van der Waals surface area (Å²) in [6.07, 6.45) is 5.24. The summed E-state index contributed by atoms with van der Waals surface area (Å²) in [4.78, 5) is 2.57. The van der Waals surface area contributed by atoms with Gasteiger partial charge in [-0.25, -0.2) is 0 Å². The Bertz CT molecular complexity index is 388. The molecule has 2 heteroatoms. The van der Waals surface area contributed by atoms with Gasteiger partial charge in [0, 0.05) is 12.6 Å². The molecule has 0 aromatic heterocycles. The van der Waals surface area contributed by atoms with Gasteiger partial charge in [0.05, 0.1) is 12.3 Å². The Hall–Kier alpha value is -1.18. The van der Waals surface area contributed by atoms with Crippen molar-refractivity contribution in [1.82, 2.24) is 0 Å². The summed E-state index contributed by atoms with van der Waals surface area (Å²) in [5.41, 5.74) is 2.86. The molecule has 2 heterocycles. The maximum absolute atomic E-state index is 5.77.